The predicted molar refractivity (Wildman–Crippen MR) is 93.3 cm³/mol. The van der Waals surface area contributed by atoms with E-state index in [9.17, 15) is 9.59 Å². The number of nitrogens with one attached hydrogen (secondary N) is 2. The van der Waals surface area contributed by atoms with Gasteiger partial charge in [-0.25, -0.2) is 4.98 Å². The first-order chi connectivity index (χ1) is 11.5. The largest absolute Gasteiger partial charge is 0.459 e. The Labute approximate surface area is 142 Å². The second-order valence-corrected chi connectivity index (χ2v) is 6.04. The van der Waals surface area contributed by atoms with Gasteiger partial charge in [0.25, 0.3) is 5.91 Å². The van der Waals surface area contributed by atoms with Crippen LogP contribution in [0.4, 0.5) is 10.8 Å². The maximum atomic E-state index is 12.1. The Kier molecular flexibility index (Phi) is 4.43. The first kappa shape index (κ1) is 15.9. The standard InChI is InChI=1S/C17H15N3O3S/c1-10-7-8-23-15(10)16(22)20-17-19-14(9-24-17)12-3-5-13(6-4-12)18-11(2)21/h3-9H,1-2H3,(H,18,21)(H,19,20,22). The van der Waals surface area contributed by atoms with Crippen LogP contribution in [0.25, 0.3) is 11.3 Å². The molecule has 0 aliphatic rings. The first-order valence-electron chi connectivity index (χ1n) is 7.22. The molecule has 0 aliphatic heterocycles. The molecule has 24 heavy (non-hydrogen) atoms. The minimum atomic E-state index is -0.320. The third-order valence-corrected chi connectivity index (χ3v) is 4.05. The summed E-state index contributed by atoms with van der Waals surface area (Å²) in [7, 11) is 0. The number of benzene rings is 1. The van der Waals surface area contributed by atoms with Gasteiger partial charge in [0.2, 0.25) is 5.91 Å². The summed E-state index contributed by atoms with van der Waals surface area (Å²) in [5.41, 5.74) is 3.15. The second kappa shape index (κ2) is 6.67. The van der Waals surface area contributed by atoms with Crippen LogP contribution in [0.15, 0.2) is 46.4 Å². The van der Waals surface area contributed by atoms with Gasteiger partial charge in [-0.2, -0.15) is 0 Å². The zero-order valence-electron chi connectivity index (χ0n) is 13.1. The number of amides is 2. The number of aromatic nitrogens is 1. The summed E-state index contributed by atoms with van der Waals surface area (Å²) in [6.07, 6.45) is 1.48. The van der Waals surface area contributed by atoms with Crippen molar-refractivity contribution in [1.29, 1.82) is 0 Å². The molecule has 0 atom stereocenters. The molecule has 3 rings (SSSR count). The Balaban J connectivity index is 1.72. The fourth-order valence-corrected chi connectivity index (χ4v) is 2.87. The molecule has 2 N–H and O–H groups in total. The zero-order chi connectivity index (χ0) is 17.1. The first-order valence-corrected chi connectivity index (χ1v) is 8.10. The molecule has 0 spiro atoms. The van der Waals surface area contributed by atoms with Crippen LogP contribution in [0.5, 0.6) is 0 Å². The van der Waals surface area contributed by atoms with E-state index in [4.69, 9.17) is 4.42 Å². The Hall–Kier alpha value is -2.93. The van der Waals surface area contributed by atoms with E-state index in [1.807, 2.05) is 24.4 Å². The molecule has 0 aliphatic carbocycles. The van der Waals surface area contributed by atoms with Crippen molar-refractivity contribution in [3.05, 3.63) is 53.3 Å². The van der Waals surface area contributed by atoms with Crippen LogP contribution in [-0.4, -0.2) is 16.8 Å². The van der Waals surface area contributed by atoms with Gasteiger partial charge in [-0.3, -0.25) is 14.9 Å². The summed E-state index contributed by atoms with van der Waals surface area (Å²) >= 11 is 1.34. The van der Waals surface area contributed by atoms with E-state index < -0.39 is 0 Å². The Morgan fingerprint density at radius 1 is 1.12 bits per heavy atom. The van der Waals surface area contributed by atoms with Crippen molar-refractivity contribution in [2.24, 2.45) is 0 Å². The lowest BCUT2D eigenvalue weighted by atomic mass is 10.1. The van der Waals surface area contributed by atoms with Crippen LogP contribution >= 0.6 is 11.3 Å². The van der Waals surface area contributed by atoms with E-state index in [1.165, 1.54) is 24.5 Å². The summed E-state index contributed by atoms with van der Waals surface area (Å²) in [4.78, 5) is 27.5. The summed E-state index contributed by atoms with van der Waals surface area (Å²) in [5, 5.41) is 7.80. The van der Waals surface area contributed by atoms with Crippen molar-refractivity contribution < 1.29 is 14.0 Å². The molecule has 0 unspecified atom stereocenters. The number of carbonyl (C=O) groups excluding carboxylic acids is 2. The van der Waals surface area contributed by atoms with Crippen molar-refractivity contribution >= 4 is 34.0 Å². The van der Waals surface area contributed by atoms with E-state index >= 15 is 0 Å². The van der Waals surface area contributed by atoms with Gasteiger partial charge in [-0.1, -0.05) is 12.1 Å². The highest BCUT2D eigenvalue weighted by Crippen LogP contribution is 2.26. The summed E-state index contributed by atoms with van der Waals surface area (Å²) in [6, 6.07) is 9.07. The highest BCUT2D eigenvalue weighted by atomic mass is 32.1. The van der Waals surface area contributed by atoms with E-state index in [-0.39, 0.29) is 17.6 Å². The number of hydrogen-bond donors (Lipinski definition) is 2. The molecule has 0 fully saturated rings. The van der Waals surface area contributed by atoms with Crippen molar-refractivity contribution in [2.45, 2.75) is 13.8 Å². The van der Waals surface area contributed by atoms with Gasteiger partial charge in [-0.05, 0) is 25.1 Å². The predicted octanol–water partition coefficient (Wildman–Crippen LogP) is 3.92. The summed E-state index contributed by atoms with van der Waals surface area (Å²) < 4.78 is 5.16. The topological polar surface area (TPSA) is 84.2 Å². The number of thiazole rings is 1. The van der Waals surface area contributed by atoms with Crippen LogP contribution in [0.3, 0.4) is 0 Å². The van der Waals surface area contributed by atoms with Gasteiger partial charge >= 0.3 is 0 Å². The van der Waals surface area contributed by atoms with Gasteiger partial charge in [0.15, 0.2) is 10.9 Å². The van der Waals surface area contributed by atoms with Gasteiger partial charge in [0, 0.05) is 29.1 Å². The fraction of sp³-hybridized carbons (Fsp3) is 0.118. The number of rotatable bonds is 4. The highest BCUT2D eigenvalue weighted by molar-refractivity contribution is 7.14. The number of aryl methyl sites for hydroxylation is 1. The molecule has 0 bridgehead atoms. The molecule has 0 radical (unpaired) electrons. The van der Waals surface area contributed by atoms with E-state index in [0.717, 1.165) is 22.5 Å². The van der Waals surface area contributed by atoms with Crippen molar-refractivity contribution in [3.8, 4) is 11.3 Å². The molecule has 3 aromatic rings. The molecule has 2 amide bonds. The number of nitrogens with zero attached hydrogens (tertiary/aromatic N) is 1. The normalized spacial score (nSPS) is 10.4. The quantitative estimate of drug-likeness (QED) is 0.753. The Morgan fingerprint density at radius 2 is 1.88 bits per heavy atom. The maximum Gasteiger partial charge on any atom is 0.293 e. The average Bonchev–Trinajstić information content (AvgIpc) is 3.16. The third kappa shape index (κ3) is 3.52. The average molecular weight is 341 g/mol. The lowest BCUT2D eigenvalue weighted by Gasteiger charge is -2.03. The monoisotopic (exact) mass is 341 g/mol. The molecule has 0 saturated heterocycles. The zero-order valence-corrected chi connectivity index (χ0v) is 13.9. The van der Waals surface area contributed by atoms with E-state index in [0.29, 0.717) is 5.13 Å². The maximum absolute atomic E-state index is 12.1. The molecule has 6 nitrogen and oxygen atoms in total. The SMILES string of the molecule is CC(=O)Nc1ccc(-c2csc(NC(=O)c3occc3C)n2)cc1. The van der Waals surface area contributed by atoms with Crippen LogP contribution in [0, 0.1) is 6.92 Å². The minimum absolute atomic E-state index is 0.116. The van der Waals surface area contributed by atoms with Crippen LogP contribution in [0.1, 0.15) is 23.0 Å². The van der Waals surface area contributed by atoms with Gasteiger partial charge < -0.3 is 9.73 Å². The second-order valence-electron chi connectivity index (χ2n) is 5.18. The van der Waals surface area contributed by atoms with Crippen LogP contribution < -0.4 is 10.6 Å². The van der Waals surface area contributed by atoms with Gasteiger partial charge in [-0.15, -0.1) is 11.3 Å². The van der Waals surface area contributed by atoms with Gasteiger partial charge in [0.1, 0.15) is 0 Å². The molecule has 122 valence electrons. The van der Waals surface area contributed by atoms with Crippen molar-refractivity contribution in [1.82, 2.24) is 4.98 Å². The third-order valence-electron chi connectivity index (χ3n) is 3.29. The molecule has 1 aromatic carbocycles. The molecule has 2 aromatic heterocycles. The van der Waals surface area contributed by atoms with Crippen LogP contribution in [-0.2, 0) is 4.79 Å². The molecule has 7 heteroatoms. The van der Waals surface area contributed by atoms with E-state index in [1.54, 1.807) is 18.2 Å². The number of carbonyl (C=O) groups is 2. The molecule has 0 saturated carbocycles. The molecular weight excluding hydrogens is 326 g/mol. The minimum Gasteiger partial charge on any atom is -0.459 e. The van der Waals surface area contributed by atoms with E-state index in [2.05, 4.69) is 15.6 Å². The highest BCUT2D eigenvalue weighted by Gasteiger charge is 2.14. The summed E-state index contributed by atoms with van der Waals surface area (Å²) in [5.74, 6) is -0.152. The number of anilines is 2. The van der Waals surface area contributed by atoms with Crippen molar-refractivity contribution in [2.75, 3.05) is 10.6 Å². The van der Waals surface area contributed by atoms with Gasteiger partial charge in [0.05, 0.1) is 12.0 Å². The van der Waals surface area contributed by atoms with Crippen LogP contribution in [0.2, 0.25) is 0 Å². The lowest BCUT2D eigenvalue weighted by molar-refractivity contribution is -0.114. The number of furan rings is 1. The smallest absolute Gasteiger partial charge is 0.293 e. The van der Waals surface area contributed by atoms with Crippen molar-refractivity contribution in [3.63, 3.8) is 0 Å². The number of hydrogen-bond acceptors (Lipinski definition) is 5. The summed E-state index contributed by atoms with van der Waals surface area (Å²) in [6.45, 7) is 3.27. The molecular formula is C17H15N3O3S. The lowest BCUT2D eigenvalue weighted by Crippen LogP contribution is -2.11. The Morgan fingerprint density at radius 3 is 2.50 bits per heavy atom. The Bertz CT molecular complexity index is 881. The fourth-order valence-electron chi connectivity index (χ4n) is 2.15. The molecule has 2 heterocycles.